The number of hydrogen-bond donors (Lipinski definition) is 3. The van der Waals surface area contributed by atoms with Crippen molar-refractivity contribution in [2.24, 2.45) is 10.7 Å². The van der Waals surface area contributed by atoms with Gasteiger partial charge < -0.3 is 16.4 Å². The van der Waals surface area contributed by atoms with Crippen molar-refractivity contribution in [3.05, 3.63) is 0 Å². The van der Waals surface area contributed by atoms with E-state index < -0.39 is 0 Å². The molecule has 2 fully saturated rings. The van der Waals surface area contributed by atoms with Crippen LogP contribution in [-0.4, -0.2) is 30.5 Å². The summed E-state index contributed by atoms with van der Waals surface area (Å²) in [7, 11) is 0. The molecule has 0 spiro atoms. The van der Waals surface area contributed by atoms with Gasteiger partial charge in [-0.2, -0.15) is 0 Å². The van der Waals surface area contributed by atoms with Crippen LogP contribution in [0, 0.1) is 0 Å². The average molecular weight is 266 g/mol. The first-order valence-corrected chi connectivity index (χ1v) is 7.60. The van der Waals surface area contributed by atoms with Gasteiger partial charge in [-0.05, 0) is 25.7 Å². The lowest BCUT2D eigenvalue weighted by molar-refractivity contribution is -0.120. The summed E-state index contributed by atoms with van der Waals surface area (Å²) >= 11 is 0. The quantitative estimate of drug-likeness (QED) is 0.530. The predicted octanol–water partition coefficient (Wildman–Crippen LogP) is 1.28. The molecule has 0 aromatic heterocycles. The first kappa shape index (κ1) is 14.2. The molecule has 2 aliphatic rings. The van der Waals surface area contributed by atoms with Crippen molar-refractivity contribution in [2.45, 2.75) is 69.9 Å². The summed E-state index contributed by atoms with van der Waals surface area (Å²) in [5, 5.41) is 6.22. The van der Waals surface area contributed by atoms with Crippen molar-refractivity contribution in [1.29, 1.82) is 0 Å². The zero-order valence-electron chi connectivity index (χ0n) is 11.7. The van der Waals surface area contributed by atoms with E-state index in [4.69, 9.17) is 5.73 Å². The normalized spacial score (nSPS) is 22.4. The smallest absolute Gasteiger partial charge is 0.242 e. The van der Waals surface area contributed by atoms with Crippen LogP contribution < -0.4 is 16.4 Å². The summed E-state index contributed by atoms with van der Waals surface area (Å²) in [5.74, 6) is 0.397. The Labute approximate surface area is 115 Å². The number of carbonyl (C=O) groups excluding carboxylic acids is 1. The molecule has 2 rings (SSSR count). The van der Waals surface area contributed by atoms with Gasteiger partial charge in [0.15, 0.2) is 5.96 Å². The third kappa shape index (κ3) is 5.09. The minimum absolute atomic E-state index is 0.0110. The lowest BCUT2D eigenvalue weighted by Gasteiger charge is -2.22. The van der Waals surface area contributed by atoms with Crippen LogP contribution in [0.15, 0.2) is 4.99 Å². The van der Waals surface area contributed by atoms with Gasteiger partial charge in [0, 0.05) is 12.1 Å². The van der Waals surface area contributed by atoms with Gasteiger partial charge in [0.25, 0.3) is 0 Å². The van der Waals surface area contributed by atoms with Crippen molar-refractivity contribution < 1.29 is 4.79 Å². The molecule has 0 aromatic rings. The number of nitrogens with two attached hydrogens (primary N) is 1. The highest BCUT2D eigenvalue weighted by Crippen LogP contribution is 2.17. The SMILES string of the molecule is NC(=NCC(=O)NC1CCCCC1)NC1CCCC1. The van der Waals surface area contributed by atoms with E-state index in [1.54, 1.807) is 0 Å². The maximum Gasteiger partial charge on any atom is 0.242 e. The van der Waals surface area contributed by atoms with E-state index in [0.29, 0.717) is 18.0 Å². The van der Waals surface area contributed by atoms with Crippen molar-refractivity contribution in [1.82, 2.24) is 10.6 Å². The van der Waals surface area contributed by atoms with E-state index in [9.17, 15) is 4.79 Å². The Hall–Kier alpha value is -1.26. The van der Waals surface area contributed by atoms with Gasteiger partial charge in [0.2, 0.25) is 5.91 Å². The van der Waals surface area contributed by atoms with Crippen molar-refractivity contribution in [3.63, 3.8) is 0 Å². The van der Waals surface area contributed by atoms with E-state index in [-0.39, 0.29) is 12.5 Å². The molecule has 0 heterocycles. The van der Waals surface area contributed by atoms with E-state index in [1.807, 2.05) is 0 Å². The molecule has 0 atom stereocenters. The van der Waals surface area contributed by atoms with E-state index in [2.05, 4.69) is 15.6 Å². The molecule has 1 amide bonds. The number of nitrogens with one attached hydrogen (secondary N) is 2. The molecule has 4 N–H and O–H groups in total. The minimum Gasteiger partial charge on any atom is -0.370 e. The minimum atomic E-state index is -0.0110. The zero-order valence-corrected chi connectivity index (χ0v) is 11.7. The molecule has 0 bridgehead atoms. The first-order valence-electron chi connectivity index (χ1n) is 7.60. The highest BCUT2D eigenvalue weighted by molar-refractivity contribution is 5.84. The van der Waals surface area contributed by atoms with E-state index >= 15 is 0 Å². The third-order valence-electron chi connectivity index (χ3n) is 4.07. The van der Waals surface area contributed by atoms with Crippen LogP contribution in [0.1, 0.15) is 57.8 Å². The number of guanidine groups is 1. The number of nitrogens with zero attached hydrogens (tertiary/aromatic N) is 1. The lowest BCUT2D eigenvalue weighted by Crippen LogP contribution is -2.41. The molecule has 2 aliphatic carbocycles. The highest BCUT2D eigenvalue weighted by Gasteiger charge is 2.16. The van der Waals surface area contributed by atoms with Gasteiger partial charge in [0.1, 0.15) is 6.54 Å². The topological polar surface area (TPSA) is 79.5 Å². The molecule has 108 valence electrons. The second-order valence-electron chi connectivity index (χ2n) is 5.73. The van der Waals surface area contributed by atoms with Crippen LogP contribution in [0.3, 0.4) is 0 Å². The number of amides is 1. The first-order chi connectivity index (χ1) is 9.24. The number of carbonyl (C=O) groups is 1. The van der Waals surface area contributed by atoms with Crippen LogP contribution >= 0.6 is 0 Å². The average Bonchev–Trinajstić information content (AvgIpc) is 2.90. The molecule has 0 saturated heterocycles. The fourth-order valence-corrected chi connectivity index (χ4v) is 3.00. The second kappa shape index (κ2) is 7.36. The lowest BCUT2D eigenvalue weighted by atomic mass is 9.95. The molecular weight excluding hydrogens is 240 g/mol. The fourth-order valence-electron chi connectivity index (χ4n) is 3.00. The molecule has 0 aliphatic heterocycles. The summed E-state index contributed by atoms with van der Waals surface area (Å²) in [6.45, 7) is 0.141. The van der Waals surface area contributed by atoms with Crippen LogP contribution in [0.5, 0.6) is 0 Å². The largest absolute Gasteiger partial charge is 0.370 e. The highest BCUT2D eigenvalue weighted by atomic mass is 16.1. The monoisotopic (exact) mass is 266 g/mol. The maximum absolute atomic E-state index is 11.8. The summed E-state index contributed by atoms with van der Waals surface area (Å²) < 4.78 is 0. The molecule has 0 radical (unpaired) electrons. The van der Waals surface area contributed by atoms with Gasteiger partial charge in [0.05, 0.1) is 0 Å². The Morgan fingerprint density at radius 2 is 1.47 bits per heavy atom. The molecule has 5 heteroatoms. The molecule has 0 unspecified atom stereocenters. The van der Waals surface area contributed by atoms with E-state index in [0.717, 1.165) is 25.7 Å². The van der Waals surface area contributed by atoms with Crippen LogP contribution in [0.25, 0.3) is 0 Å². The van der Waals surface area contributed by atoms with Crippen molar-refractivity contribution in [3.8, 4) is 0 Å². The number of aliphatic imine (C=N–C) groups is 1. The van der Waals surface area contributed by atoms with Crippen LogP contribution in [0.4, 0.5) is 0 Å². The molecule has 5 nitrogen and oxygen atoms in total. The molecule has 2 saturated carbocycles. The summed E-state index contributed by atoms with van der Waals surface area (Å²) in [6.07, 6.45) is 10.8. The Morgan fingerprint density at radius 3 is 2.11 bits per heavy atom. The van der Waals surface area contributed by atoms with Gasteiger partial charge in [-0.3, -0.25) is 4.79 Å². The molecule has 0 aromatic carbocycles. The summed E-state index contributed by atoms with van der Waals surface area (Å²) in [5.41, 5.74) is 5.79. The van der Waals surface area contributed by atoms with Gasteiger partial charge in [-0.1, -0.05) is 32.1 Å². The third-order valence-corrected chi connectivity index (χ3v) is 4.07. The maximum atomic E-state index is 11.8. The second-order valence-corrected chi connectivity index (χ2v) is 5.73. The van der Waals surface area contributed by atoms with Crippen LogP contribution in [-0.2, 0) is 4.79 Å². The Morgan fingerprint density at radius 1 is 0.947 bits per heavy atom. The zero-order chi connectivity index (χ0) is 13.5. The van der Waals surface area contributed by atoms with Gasteiger partial charge in [-0.25, -0.2) is 4.99 Å². The predicted molar refractivity (Wildman–Crippen MR) is 76.9 cm³/mol. The molecule has 19 heavy (non-hydrogen) atoms. The van der Waals surface area contributed by atoms with Crippen molar-refractivity contribution in [2.75, 3.05) is 6.54 Å². The van der Waals surface area contributed by atoms with Gasteiger partial charge in [-0.15, -0.1) is 0 Å². The fraction of sp³-hybridized carbons (Fsp3) is 0.857. The number of rotatable bonds is 4. The molecular formula is C14H26N4O. The summed E-state index contributed by atoms with van der Waals surface area (Å²) in [4.78, 5) is 15.9. The number of hydrogen-bond acceptors (Lipinski definition) is 2. The Balaban J connectivity index is 1.66. The Kier molecular flexibility index (Phi) is 5.48. The Bertz CT molecular complexity index is 317. The van der Waals surface area contributed by atoms with Crippen LogP contribution in [0.2, 0.25) is 0 Å². The van der Waals surface area contributed by atoms with E-state index in [1.165, 1.54) is 32.1 Å². The van der Waals surface area contributed by atoms with Gasteiger partial charge >= 0.3 is 0 Å². The van der Waals surface area contributed by atoms with Crippen molar-refractivity contribution >= 4 is 11.9 Å². The summed E-state index contributed by atoms with van der Waals surface area (Å²) in [6, 6.07) is 0.797. The standard InChI is InChI=1S/C14H26N4O/c15-14(18-12-8-4-5-9-12)16-10-13(19)17-11-6-2-1-3-7-11/h11-12H,1-10H2,(H,17,19)(H3,15,16,18).